The molecule has 20 heavy (non-hydrogen) atoms. The normalized spacial score (nSPS) is 13.7. The first-order valence-electron chi connectivity index (χ1n) is 7.74. The van der Waals surface area contributed by atoms with Gasteiger partial charge in [0, 0.05) is 19.2 Å². The molecular weight excluding hydrogens is 246 g/mol. The molecule has 1 aromatic carbocycles. The molecule has 2 nitrogen and oxygen atoms in total. The van der Waals surface area contributed by atoms with Crippen molar-refractivity contribution in [2.45, 2.75) is 47.1 Å². The van der Waals surface area contributed by atoms with Gasteiger partial charge in [-0.05, 0) is 23.3 Å². The summed E-state index contributed by atoms with van der Waals surface area (Å²) in [6.07, 6.45) is 1.13. The maximum atomic E-state index is 5.65. The predicted octanol–water partition coefficient (Wildman–Crippen LogP) is 4.43. The molecule has 0 fully saturated rings. The van der Waals surface area contributed by atoms with Gasteiger partial charge in [0.1, 0.15) is 0 Å². The Morgan fingerprint density at radius 1 is 1.10 bits per heavy atom. The van der Waals surface area contributed by atoms with Gasteiger partial charge in [-0.2, -0.15) is 0 Å². The summed E-state index contributed by atoms with van der Waals surface area (Å²) in [5, 5.41) is 3.64. The number of hydrogen-bond donors (Lipinski definition) is 1. The van der Waals surface area contributed by atoms with Crippen LogP contribution in [0.5, 0.6) is 0 Å². The molecule has 1 unspecified atom stereocenters. The van der Waals surface area contributed by atoms with Crippen molar-refractivity contribution in [3.63, 3.8) is 0 Å². The van der Waals surface area contributed by atoms with Gasteiger partial charge in [-0.25, -0.2) is 0 Å². The Morgan fingerprint density at radius 2 is 1.75 bits per heavy atom. The topological polar surface area (TPSA) is 21.3 Å². The number of benzene rings is 1. The van der Waals surface area contributed by atoms with Crippen LogP contribution in [0.1, 0.15) is 52.6 Å². The van der Waals surface area contributed by atoms with Gasteiger partial charge in [-0.15, -0.1) is 0 Å². The van der Waals surface area contributed by atoms with Crippen molar-refractivity contribution >= 4 is 0 Å². The van der Waals surface area contributed by atoms with Crippen molar-refractivity contribution < 1.29 is 4.74 Å². The lowest BCUT2D eigenvalue weighted by molar-refractivity contribution is 0.108. The summed E-state index contributed by atoms with van der Waals surface area (Å²) < 4.78 is 5.65. The summed E-state index contributed by atoms with van der Waals surface area (Å²) in [6, 6.07) is 11.1. The second-order valence-electron chi connectivity index (χ2n) is 7.15. The van der Waals surface area contributed by atoms with Crippen LogP contribution in [-0.4, -0.2) is 19.8 Å². The van der Waals surface area contributed by atoms with Crippen molar-refractivity contribution in [2.75, 3.05) is 19.8 Å². The van der Waals surface area contributed by atoms with E-state index in [9.17, 15) is 0 Å². The van der Waals surface area contributed by atoms with E-state index in [0.717, 1.165) is 26.2 Å². The van der Waals surface area contributed by atoms with Crippen LogP contribution >= 0.6 is 0 Å². The fraction of sp³-hybridized carbons (Fsp3) is 0.667. The molecule has 0 aliphatic rings. The average Bonchev–Trinajstić information content (AvgIpc) is 2.36. The predicted molar refractivity (Wildman–Crippen MR) is 86.9 cm³/mol. The van der Waals surface area contributed by atoms with Gasteiger partial charge in [0.05, 0.1) is 6.61 Å². The minimum absolute atomic E-state index is 0.312. The fourth-order valence-corrected chi connectivity index (χ4v) is 2.23. The van der Waals surface area contributed by atoms with Gasteiger partial charge in [0.25, 0.3) is 0 Å². The lowest BCUT2D eigenvalue weighted by Gasteiger charge is -2.27. The van der Waals surface area contributed by atoms with Gasteiger partial charge in [0.15, 0.2) is 0 Å². The number of hydrogen-bond acceptors (Lipinski definition) is 2. The third-order valence-electron chi connectivity index (χ3n) is 3.11. The average molecular weight is 277 g/mol. The quantitative estimate of drug-likeness (QED) is 0.710. The van der Waals surface area contributed by atoms with Crippen molar-refractivity contribution in [3.8, 4) is 0 Å². The van der Waals surface area contributed by atoms with E-state index in [2.05, 4.69) is 70.3 Å². The minimum Gasteiger partial charge on any atom is -0.380 e. The second kappa shape index (κ2) is 8.43. The molecule has 0 bridgehead atoms. The van der Waals surface area contributed by atoms with Crippen LogP contribution < -0.4 is 5.32 Å². The summed E-state index contributed by atoms with van der Waals surface area (Å²) in [5.41, 5.74) is 1.68. The fourth-order valence-electron chi connectivity index (χ4n) is 2.23. The first-order chi connectivity index (χ1) is 9.38. The molecule has 0 aromatic heterocycles. The first-order valence-corrected chi connectivity index (χ1v) is 7.74. The van der Waals surface area contributed by atoms with Crippen LogP contribution in [0.4, 0.5) is 0 Å². The van der Waals surface area contributed by atoms with Gasteiger partial charge in [-0.3, -0.25) is 0 Å². The molecule has 1 atom stereocenters. The van der Waals surface area contributed by atoms with E-state index in [0.29, 0.717) is 17.4 Å². The van der Waals surface area contributed by atoms with Crippen LogP contribution in [-0.2, 0) is 4.74 Å². The number of rotatable bonds is 8. The largest absolute Gasteiger partial charge is 0.380 e. The highest BCUT2D eigenvalue weighted by Crippen LogP contribution is 2.29. The summed E-state index contributed by atoms with van der Waals surface area (Å²) in [6.45, 7) is 13.8. The highest BCUT2D eigenvalue weighted by Gasteiger charge is 2.19. The van der Waals surface area contributed by atoms with Gasteiger partial charge in [-0.1, -0.05) is 65.0 Å². The Labute approximate surface area is 124 Å². The molecular formula is C18H31NO. The molecule has 0 saturated carbocycles. The van der Waals surface area contributed by atoms with Gasteiger partial charge < -0.3 is 10.1 Å². The summed E-state index contributed by atoms with van der Waals surface area (Å²) in [4.78, 5) is 0. The molecule has 0 amide bonds. The standard InChI is InChI=1S/C18H31NO/c1-15(2)14-20-12-11-19-17(13-18(3,4)5)16-9-7-6-8-10-16/h6-10,15,17,19H,11-14H2,1-5H3. The van der Waals surface area contributed by atoms with Crippen LogP contribution in [0.2, 0.25) is 0 Å². The Balaban J connectivity index is 2.47. The van der Waals surface area contributed by atoms with Crippen molar-refractivity contribution in [1.29, 1.82) is 0 Å². The Bertz CT molecular complexity index is 353. The van der Waals surface area contributed by atoms with Crippen molar-refractivity contribution in [2.24, 2.45) is 11.3 Å². The minimum atomic E-state index is 0.312. The zero-order valence-corrected chi connectivity index (χ0v) is 13.8. The molecule has 1 rings (SSSR count). The van der Waals surface area contributed by atoms with E-state index >= 15 is 0 Å². The lowest BCUT2D eigenvalue weighted by atomic mass is 9.85. The molecule has 0 aliphatic heterocycles. The summed E-state index contributed by atoms with van der Waals surface area (Å²) >= 11 is 0. The molecule has 0 radical (unpaired) electrons. The molecule has 1 N–H and O–H groups in total. The molecule has 0 saturated heterocycles. The van der Waals surface area contributed by atoms with Crippen molar-refractivity contribution in [1.82, 2.24) is 5.32 Å². The molecule has 114 valence electrons. The van der Waals surface area contributed by atoms with E-state index in [1.165, 1.54) is 5.56 Å². The SMILES string of the molecule is CC(C)COCCNC(CC(C)(C)C)c1ccccc1. The summed E-state index contributed by atoms with van der Waals surface area (Å²) in [5.74, 6) is 0.606. The zero-order valence-electron chi connectivity index (χ0n) is 13.8. The molecule has 0 spiro atoms. The number of nitrogens with one attached hydrogen (secondary N) is 1. The molecule has 0 heterocycles. The Morgan fingerprint density at radius 3 is 2.30 bits per heavy atom. The van der Waals surface area contributed by atoms with Crippen molar-refractivity contribution in [3.05, 3.63) is 35.9 Å². The van der Waals surface area contributed by atoms with Gasteiger partial charge in [0.2, 0.25) is 0 Å². The smallest absolute Gasteiger partial charge is 0.0591 e. The van der Waals surface area contributed by atoms with E-state index in [1.54, 1.807) is 0 Å². The monoisotopic (exact) mass is 277 g/mol. The second-order valence-corrected chi connectivity index (χ2v) is 7.15. The van der Waals surface area contributed by atoms with Crippen LogP contribution in [0.3, 0.4) is 0 Å². The highest BCUT2D eigenvalue weighted by molar-refractivity contribution is 5.19. The van der Waals surface area contributed by atoms with Crippen LogP contribution in [0.25, 0.3) is 0 Å². The Kier molecular flexibility index (Phi) is 7.25. The third-order valence-corrected chi connectivity index (χ3v) is 3.11. The zero-order chi connectivity index (χ0) is 15.0. The van der Waals surface area contributed by atoms with Gasteiger partial charge >= 0.3 is 0 Å². The van der Waals surface area contributed by atoms with Crippen LogP contribution in [0, 0.1) is 11.3 Å². The maximum Gasteiger partial charge on any atom is 0.0591 e. The van der Waals surface area contributed by atoms with E-state index in [4.69, 9.17) is 4.74 Å². The Hall–Kier alpha value is -0.860. The van der Waals surface area contributed by atoms with E-state index in [1.807, 2.05) is 0 Å². The first kappa shape index (κ1) is 17.2. The highest BCUT2D eigenvalue weighted by atomic mass is 16.5. The molecule has 0 aliphatic carbocycles. The van der Waals surface area contributed by atoms with E-state index < -0.39 is 0 Å². The third kappa shape index (κ3) is 7.66. The number of ether oxygens (including phenoxy) is 1. The molecule has 1 aromatic rings. The maximum absolute atomic E-state index is 5.65. The van der Waals surface area contributed by atoms with Crippen LogP contribution in [0.15, 0.2) is 30.3 Å². The lowest BCUT2D eigenvalue weighted by Crippen LogP contribution is -2.29. The summed E-state index contributed by atoms with van der Waals surface area (Å²) in [7, 11) is 0. The molecule has 2 heteroatoms. The van der Waals surface area contributed by atoms with E-state index in [-0.39, 0.29) is 0 Å².